The zero-order chi connectivity index (χ0) is 15.8. The van der Waals surface area contributed by atoms with E-state index in [-0.39, 0.29) is 5.82 Å². The highest BCUT2D eigenvalue weighted by molar-refractivity contribution is 5.79. The molecule has 118 valence electrons. The van der Waals surface area contributed by atoms with Crippen molar-refractivity contribution < 1.29 is 4.39 Å². The Morgan fingerprint density at radius 2 is 2.23 bits per heavy atom. The lowest BCUT2D eigenvalue weighted by atomic mass is 10.1. The van der Waals surface area contributed by atoms with Crippen LogP contribution in [0.1, 0.15) is 18.1 Å². The van der Waals surface area contributed by atoms with E-state index in [9.17, 15) is 4.39 Å². The minimum absolute atomic E-state index is 0.183. The fraction of sp³-hybridized carbons (Fsp3) is 0.375. The van der Waals surface area contributed by atoms with Gasteiger partial charge in [0.2, 0.25) is 0 Å². The third-order valence-corrected chi connectivity index (χ3v) is 3.18. The van der Waals surface area contributed by atoms with Crippen molar-refractivity contribution in [3.8, 4) is 0 Å². The number of benzene rings is 1. The van der Waals surface area contributed by atoms with Gasteiger partial charge in [0.25, 0.3) is 0 Å². The van der Waals surface area contributed by atoms with Gasteiger partial charge in [0, 0.05) is 25.5 Å². The van der Waals surface area contributed by atoms with Gasteiger partial charge in [0.05, 0.1) is 13.1 Å². The highest BCUT2D eigenvalue weighted by Gasteiger charge is 2.00. The van der Waals surface area contributed by atoms with Gasteiger partial charge in [0.1, 0.15) is 5.82 Å². The predicted molar refractivity (Wildman–Crippen MR) is 86.2 cm³/mol. The number of halogens is 1. The molecule has 0 saturated carbocycles. The van der Waals surface area contributed by atoms with Crippen LogP contribution in [0.3, 0.4) is 0 Å². The third-order valence-electron chi connectivity index (χ3n) is 3.18. The quantitative estimate of drug-likeness (QED) is 0.634. The Kier molecular flexibility index (Phi) is 5.94. The average Bonchev–Trinajstić information content (AvgIpc) is 3.01. The zero-order valence-electron chi connectivity index (χ0n) is 13.0. The van der Waals surface area contributed by atoms with Crippen molar-refractivity contribution in [2.45, 2.75) is 26.9 Å². The molecular formula is C16H22FN5. The predicted octanol–water partition coefficient (Wildman–Crippen LogP) is 2.09. The van der Waals surface area contributed by atoms with Gasteiger partial charge >= 0.3 is 0 Å². The number of aromatic nitrogens is 2. The Morgan fingerprint density at radius 1 is 1.36 bits per heavy atom. The molecule has 0 aliphatic heterocycles. The Hall–Kier alpha value is -2.37. The minimum atomic E-state index is -0.183. The first-order chi connectivity index (χ1) is 10.7. The third kappa shape index (κ3) is 4.87. The van der Waals surface area contributed by atoms with E-state index in [4.69, 9.17) is 0 Å². The van der Waals surface area contributed by atoms with Gasteiger partial charge < -0.3 is 10.6 Å². The van der Waals surface area contributed by atoms with E-state index in [0.717, 1.165) is 31.2 Å². The van der Waals surface area contributed by atoms with E-state index in [1.165, 1.54) is 6.07 Å². The summed E-state index contributed by atoms with van der Waals surface area (Å²) < 4.78 is 15.1. The molecule has 2 N–H and O–H groups in total. The van der Waals surface area contributed by atoms with Crippen LogP contribution in [0, 0.1) is 12.7 Å². The molecular weight excluding hydrogens is 281 g/mol. The van der Waals surface area contributed by atoms with E-state index < -0.39 is 0 Å². The molecule has 1 aromatic carbocycles. The number of guanidine groups is 1. The Labute approximate surface area is 130 Å². The molecule has 0 atom stereocenters. The van der Waals surface area contributed by atoms with Crippen molar-refractivity contribution >= 4 is 5.96 Å². The Morgan fingerprint density at radius 3 is 2.91 bits per heavy atom. The molecule has 0 fully saturated rings. The van der Waals surface area contributed by atoms with Crippen LogP contribution in [0.25, 0.3) is 0 Å². The summed E-state index contributed by atoms with van der Waals surface area (Å²) in [4.78, 5) is 4.52. The van der Waals surface area contributed by atoms with Crippen LogP contribution in [-0.2, 0) is 13.1 Å². The highest BCUT2D eigenvalue weighted by atomic mass is 19.1. The lowest BCUT2D eigenvalue weighted by molar-refractivity contribution is 0.598. The van der Waals surface area contributed by atoms with E-state index in [0.29, 0.717) is 12.1 Å². The first-order valence-electron chi connectivity index (χ1n) is 7.43. The number of rotatable bonds is 6. The van der Waals surface area contributed by atoms with Crippen LogP contribution in [0.2, 0.25) is 0 Å². The number of hydrogen-bond acceptors (Lipinski definition) is 2. The molecule has 1 heterocycles. The molecule has 0 saturated heterocycles. The van der Waals surface area contributed by atoms with Crippen LogP contribution in [0.5, 0.6) is 0 Å². The van der Waals surface area contributed by atoms with Crippen molar-refractivity contribution in [1.82, 2.24) is 20.4 Å². The summed E-state index contributed by atoms with van der Waals surface area (Å²) in [6, 6.07) is 6.97. The number of aliphatic imine (C=N–C) groups is 1. The molecule has 5 nitrogen and oxygen atoms in total. The molecule has 22 heavy (non-hydrogen) atoms. The van der Waals surface area contributed by atoms with Gasteiger partial charge in [-0.1, -0.05) is 12.1 Å². The summed E-state index contributed by atoms with van der Waals surface area (Å²) in [6.07, 6.45) is 3.68. The first kappa shape index (κ1) is 16.0. The summed E-state index contributed by atoms with van der Waals surface area (Å²) in [7, 11) is 0. The molecule has 0 amide bonds. The standard InChI is InChI=1S/C16H22FN5/c1-3-18-16(19-8-10-22-9-4-7-21-22)20-12-14-5-6-15(17)13(2)11-14/h4-7,9,11H,3,8,10,12H2,1-2H3,(H2,18,19,20). The number of hydrogen-bond donors (Lipinski definition) is 2. The second-order valence-electron chi connectivity index (χ2n) is 4.97. The first-order valence-corrected chi connectivity index (χ1v) is 7.43. The number of nitrogens with one attached hydrogen (secondary N) is 2. The van der Waals surface area contributed by atoms with Crippen molar-refractivity contribution in [3.05, 3.63) is 53.6 Å². The van der Waals surface area contributed by atoms with Crippen molar-refractivity contribution in [2.75, 3.05) is 13.1 Å². The van der Waals surface area contributed by atoms with E-state index in [1.807, 2.05) is 29.9 Å². The highest BCUT2D eigenvalue weighted by Crippen LogP contribution is 2.09. The van der Waals surface area contributed by atoms with E-state index in [1.54, 1.807) is 19.2 Å². The minimum Gasteiger partial charge on any atom is -0.357 e. The molecule has 0 bridgehead atoms. The van der Waals surface area contributed by atoms with Gasteiger partial charge in [0.15, 0.2) is 5.96 Å². The van der Waals surface area contributed by atoms with Gasteiger partial charge in [-0.15, -0.1) is 0 Å². The fourth-order valence-electron chi connectivity index (χ4n) is 2.04. The van der Waals surface area contributed by atoms with Crippen LogP contribution < -0.4 is 10.6 Å². The summed E-state index contributed by atoms with van der Waals surface area (Å²) in [6.45, 7) is 6.58. The number of aryl methyl sites for hydroxylation is 1. The Bertz CT molecular complexity index is 607. The molecule has 0 unspecified atom stereocenters. The van der Waals surface area contributed by atoms with Gasteiger partial charge in [-0.3, -0.25) is 4.68 Å². The normalized spacial score (nSPS) is 11.5. The SMILES string of the molecule is CCNC(=NCc1ccc(F)c(C)c1)NCCn1cccn1. The maximum Gasteiger partial charge on any atom is 0.191 e. The molecule has 0 radical (unpaired) electrons. The fourth-order valence-corrected chi connectivity index (χ4v) is 2.04. The van der Waals surface area contributed by atoms with Crippen molar-refractivity contribution in [1.29, 1.82) is 0 Å². The smallest absolute Gasteiger partial charge is 0.191 e. The summed E-state index contributed by atoms with van der Waals surface area (Å²) >= 11 is 0. The maximum absolute atomic E-state index is 13.3. The molecule has 1 aromatic heterocycles. The molecule has 6 heteroatoms. The van der Waals surface area contributed by atoms with Gasteiger partial charge in [-0.2, -0.15) is 5.10 Å². The summed E-state index contributed by atoms with van der Waals surface area (Å²) in [5.74, 6) is 0.564. The van der Waals surface area contributed by atoms with E-state index >= 15 is 0 Å². The van der Waals surface area contributed by atoms with Crippen LogP contribution in [0.15, 0.2) is 41.7 Å². The zero-order valence-corrected chi connectivity index (χ0v) is 13.0. The summed E-state index contributed by atoms with van der Waals surface area (Å²) in [5.41, 5.74) is 1.63. The van der Waals surface area contributed by atoms with Gasteiger partial charge in [-0.25, -0.2) is 9.38 Å². The molecule has 0 aliphatic rings. The topological polar surface area (TPSA) is 54.2 Å². The second-order valence-corrected chi connectivity index (χ2v) is 4.97. The van der Waals surface area contributed by atoms with Gasteiger partial charge in [-0.05, 0) is 37.1 Å². The Balaban J connectivity index is 1.89. The number of nitrogens with zero attached hydrogens (tertiary/aromatic N) is 3. The molecule has 2 aromatic rings. The molecule has 0 spiro atoms. The maximum atomic E-state index is 13.3. The summed E-state index contributed by atoms with van der Waals surface area (Å²) in [5, 5.41) is 10.6. The monoisotopic (exact) mass is 303 g/mol. The lowest BCUT2D eigenvalue weighted by Gasteiger charge is -2.11. The van der Waals surface area contributed by atoms with Crippen LogP contribution in [-0.4, -0.2) is 28.8 Å². The largest absolute Gasteiger partial charge is 0.357 e. The van der Waals surface area contributed by atoms with Crippen molar-refractivity contribution in [3.63, 3.8) is 0 Å². The van der Waals surface area contributed by atoms with E-state index in [2.05, 4.69) is 20.7 Å². The molecule has 0 aliphatic carbocycles. The van der Waals surface area contributed by atoms with Crippen LogP contribution >= 0.6 is 0 Å². The molecule has 2 rings (SSSR count). The van der Waals surface area contributed by atoms with Crippen molar-refractivity contribution in [2.24, 2.45) is 4.99 Å². The average molecular weight is 303 g/mol. The second kappa shape index (κ2) is 8.17. The lowest BCUT2D eigenvalue weighted by Crippen LogP contribution is -2.38. The van der Waals surface area contributed by atoms with Crippen LogP contribution in [0.4, 0.5) is 4.39 Å².